The molecule has 7 heteroatoms. The van der Waals surface area contributed by atoms with Crippen LogP contribution in [-0.4, -0.2) is 37.6 Å². The van der Waals surface area contributed by atoms with Crippen molar-refractivity contribution < 1.29 is 13.6 Å². The zero-order valence-electron chi connectivity index (χ0n) is 36.3. The van der Waals surface area contributed by atoms with Crippen LogP contribution >= 0.6 is 0 Å². The van der Waals surface area contributed by atoms with Gasteiger partial charge in [-0.2, -0.15) is 0 Å². The van der Waals surface area contributed by atoms with Crippen molar-refractivity contribution in [1.29, 1.82) is 0 Å². The molecule has 0 radical (unpaired) electrons. The number of nitrogens with one attached hydrogen (secondary N) is 4. The molecule has 54 heavy (non-hydrogen) atoms. The lowest BCUT2D eigenvalue weighted by molar-refractivity contribution is -0.123. The highest BCUT2D eigenvalue weighted by Crippen LogP contribution is 2.17. The van der Waals surface area contributed by atoms with Crippen LogP contribution in [0.3, 0.4) is 0 Å². The number of allylic oxidation sites excluding steroid dienone is 2. The summed E-state index contributed by atoms with van der Waals surface area (Å²) in [6, 6.07) is 12.4. The van der Waals surface area contributed by atoms with Gasteiger partial charge in [-0.1, -0.05) is 137 Å². The molecule has 2 aromatic carbocycles. The van der Waals surface area contributed by atoms with Gasteiger partial charge in [0, 0.05) is 36.6 Å². The Morgan fingerprint density at radius 1 is 0.815 bits per heavy atom. The van der Waals surface area contributed by atoms with Crippen molar-refractivity contribution in [1.82, 2.24) is 21.3 Å². The molecule has 3 atom stereocenters. The molecule has 3 rings (SSSR count). The summed E-state index contributed by atoms with van der Waals surface area (Å²) in [5.41, 5.74) is 5.72. The second-order valence-corrected chi connectivity index (χ2v) is 15.3. The fourth-order valence-corrected chi connectivity index (χ4v) is 5.94. The Bertz CT molecular complexity index is 1260. The van der Waals surface area contributed by atoms with E-state index < -0.39 is 11.6 Å². The summed E-state index contributed by atoms with van der Waals surface area (Å²) in [6.07, 6.45) is 18.6. The molecule has 4 N–H and O–H groups in total. The molecule has 0 aliphatic carbocycles. The molecule has 308 valence electrons. The van der Waals surface area contributed by atoms with Gasteiger partial charge in [0.2, 0.25) is 5.91 Å². The lowest BCUT2D eigenvalue weighted by Gasteiger charge is -2.24. The van der Waals surface area contributed by atoms with Crippen LogP contribution in [0.2, 0.25) is 0 Å². The molecule has 0 spiro atoms. The number of benzene rings is 2. The number of carbonyl (C=O) groups is 1. The van der Waals surface area contributed by atoms with Gasteiger partial charge in [-0.05, 0) is 93.0 Å². The third-order valence-electron chi connectivity index (χ3n) is 8.93. The van der Waals surface area contributed by atoms with E-state index in [1.165, 1.54) is 67.5 Å². The van der Waals surface area contributed by atoms with Gasteiger partial charge in [0.25, 0.3) is 0 Å². The summed E-state index contributed by atoms with van der Waals surface area (Å²) in [6.45, 7) is 25.8. The minimum Gasteiger partial charge on any atom is -0.382 e. The lowest BCUT2D eigenvalue weighted by atomic mass is 9.93. The van der Waals surface area contributed by atoms with Gasteiger partial charge in [-0.15, -0.1) is 0 Å². The van der Waals surface area contributed by atoms with E-state index in [-0.39, 0.29) is 11.9 Å². The maximum Gasteiger partial charge on any atom is 0.242 e. The first-order valence-electron chi connectivity index (χ1n) is 21.2. The first kappa shape index (κ1) is 50.8. The Morgan fingerprint density at radius 3 is 1.98 bits per heavy atom. The van der Waals surface area contributed by atoms with Crippen molar-refractivity contribution >= 4 is 5.91 Å². The molecule has 1 amide bonds. The highest BCUT2D eigenvalue weighted by molar-refractivity contribution is 5.81. The Balaban J connectivity index is 0.00000108. The highest BCUT2D eigenvalue weighted by Gasteiger charge is 2.19. The number of amides is 1. The predicted molar refractivity (Wildman–Crippen MR) is 231 cm³/mol. The van der Waals surface area contributed by atoms with E-state index in [2.05, 4.69) is 127 Å². The van der Waals surface area contributed by atoms with Gasteiger partial charge < -0.3 is 21.3 Å². The molecular weight excluding hydrogens is 675 g/mol. The topological polar surface area (TPSA) is 65.2 Å². The van der Waals surface area contributed by atoms with Crippen LogP contribution in [0.5, 0.6) is 0 Å². The fraction of sp³-hybridized carbons (Fsp3) is 0.638. The maximum absolute atomic E-state index is 12.9. The van der Waals surface area contributed by atoms with Crippen LogP contribution in [-0.2, 0) is 17.6 Å². The van der Waals surface area contributed by atoms with Gasteiger partial charge >= 0.3 is 0 Å². The summed E-state index contributed by atoms with van der Waals surface area (Å²) in [7, 11) is 0. The summed E-state index contributed by atoms with van der Waals surface area (Å²) in [5.74, 6) is 0.332. The van der Waals surface area contributed by atoms with Gasteiger partial charge in [-0.25, -0.2) is 8.78 Å². The van der Waals surface area contributed by atoms with Crippen molar-refractivity contribution in [3.05, 3.63) is 94.3 Å². The number of halogens is 2. The fourth-order valence-electron chi connectivity index (χ4n) is 5.94. The maximum atomic E-state index is 12.9. The third kappa shape index (κ3) is 25.8. The molecule has 0 saturated heterocycles. The van der Waals surface area contributed by atoms with Gasteiger partial charge in [0.05, 0.1) is 6.54 Å². The predicted octanol–water partition coefficient (Wildman–Crippen LogP) is 11.8. The smallest absolute Gasteiger partial charge is 0.242 e. The molecule has 1 heterocycles. The van der Waals surface area contributed by atoms with Gasteiger partial charge in [-0.3, -0.25) is 4.79 Å². The average Bonchev–Trinajstić information content (AvgIpc) is 3.12. The molecule has 1 aliphatic rings. The minimum atomic E-state index is -0.521. The number of aryl methyl sites for hydroxylation is 2. The average molecular weight is 755 g/mol. The van der Waals surface area contributed by atoms with E-state index in [0.717, 1.165) is 62.8 Å². The SMILES string of the molecule is CCC.CCC=C1CN[C@@H](C)CCc2ccccc2CC(C)CNC(=O)C(CC)N/C(=C/CC)CN1.CCCCCCC(C)C.Cc1cc(F)cc(F)c1. The monoisotopic (exact) mass is 755 g/mol. The van der Waals surface area contributed by atoms with Crippen molar-refractivity contribution in [2.75, 3.05) is 19.6 Å². The van der Waals surface area contributed by atoms with Crippen molar-refractivity contribution in [3.63, 3.8) is 0 Å². The van der Waals surface area contributed by atoms with E-state index in [1.54, 1.807) is 6.92 Å². The molecule has 2 unspecified atom stereocenters. The van der Waals surface area contributed by atoms with Gasteiger partial charge in [0.1, 0.15) is 17.7 Å². The second kappa shape index (κ2) is 32.1. The molecule has 2 aromatic rings. The molecule has 0 bridgehead atoms. The number of hydrogen-bond acceptors (Lipinski definition) is 4. The Morgan fingerprint density at radius 2 is 1.43 bits per heavy atom. The third-order valence-corrected chi connectivity index (χ3v) is 8.93. The molecule has 1 aliphatic heterocycles. The largest absolute Gasteiger partial charge is 0.382 e. The zero-order valence-corrected chi connectivity index (χ0v) is 36.3. The van der Waals surface area contributed by atoms with Crippen molar-refractivity contribution in [2.24, 2.45) is 11.8 Å². The zero-order chi connectivity index (χ0) is 40.7. The quantitative estimate of drug-likeness (QED) is 0.203. The van der Waals surface area contributed by atoms with E-state index in [0.29, 0.717) is 30.6 Å². The number of carbonyl (C=O) groups excluding carboxylic acids is 1. The molecule has 0 aromatic heterocycles. The summed E-state index contributed by atoms with van der Waals surface area (Å²) < 4.78 is 24.4. The standard InChI is InChI=1S/C28H46N4O.C9H20.C7H6F2.C3H8/c1-6-11-25-19-29-22(5)15-16-23-13-9-10-14-24(23)17-21(4)18-31-28(33)27(8-3)32-26(12-7-2)20-30-25;1-4-5-6-7-8-9(2)3;1-5-2-6(8)4-7(9)3-5;1-3-2/h9-14,21-22,27,29-30,32H,6-8,15-20H2,1-5H3,(H,31,33);9H,4-8H2,1-3H3;2-4H,1H3;3H2,1-2H3/b25-11?,26-12+;;;/t21?,22-,27?;;;/m0.../s1. The highest BCUT2D eigenvalue weighted by atomic mass is 19.1. The molecule has 5 nitrogen and oxygen atoms in total. The summed E-state index contributed by atoms with van der Waals surface area (Å²) in [4.78, 5) is 12.9. The van der Waals surface area contributed by atoms with E-state index >= 15 is 0 Å². The molecule has 0 saturated carbocycles. The normalized spacial score (nSPS) is 19.9. The van der Waals surface area contributed by atoms with Crippen LogP contribution in [0.1, 0.15) is 150 Å². The Hall–Kier alpha value is -3.19. The van der Waals surface area contributed by atoms with E-state index in [1.807, 2.05) is 0 Å². The van der Waals surface area contributed by atoms with Crippen LogP contribution in [0.4, 0.5) is 8.78 Å². The first-order valence-corrected chi connectivity index (χ1v) is 21.2. The lowest BCUT2D eigenvalue weighted by Crippen LogP contribution is -2.46. The number of hydrogen-bond donors (Lipinski definition) is 4. The van der Waals surface area contributed by atoms with Gasteiger partial charge in [0.15, 0.2) is 0 Å². The number of fused-ring (bicyclic) bond motifs is 1. The second-order valence-electron chi connectivity index (χ2n) is 15.3. The molecule has 0 fully saturated rings. The van der Waals surface area contributed by atoms with Crippen LogP contribution in [0, 0.1) is 30.4 Å². The number of unbranched alkanes of at least 4 members (excludes halogenated alkanes) is 3. The van der Waals surface area contributed by atoms with E-state index in [9.17, 15) is 13.6 Å². The summed E-state index contributed by atoms with van der Waals surface area (Å²) >= 11 is 0. The number of rotatable bonds is 8. The van der Waals surface area contributed by atoms with Crippen LogP contribution in [0.15, 0.2) is 66.0 Å². The first-order chi connectivity index (χ1) is 25.8. The van der Waals surface area contributed by atoms with Crippen molar-refractivity contribution in [3.8, 4) is 0 Å². The van der Waals surface area contributed by atoms with E-state index in [4.69, 9.17) is 0 Å². The van der Waals surface area contributed by atoms with Crippen LogP contribution < -0.4 is 21.3 Å². The van der Waals surface area contributed by atoms with Crippen LogP contribution in [0.25, 0.3) is 0 Å². The van der Waals surface area contributed by atoms with Crippen molar-refractivity contribution in [2.45, 2.75) is 165 Å². The Kier molecular flexibility index (Phi) is 30.2. The Labute approximate surface area is 331 Å². The minimum absolute atomic E-state index is 0.0839. The summed E-state index contributed by atoms with van der Waals surface area (Å²) in [5, 5.41) is 14.0. The molecular formula is C47H80F2N4O.